The summed E-state index contributed by atoms with van der Waals surface area (Å²) in [5.41, 5.74) is 1.85. The number of hydrogen-bond donors (Lipinski definition) is 1. The number of carbonyl (C=O) groups excluding carboxylic acids is 2. The number of amides is 2. The van der Waals surface area contributed by atoms with Crippen LogP contribution in [0.5, 0.6) is 0 Å². The Kier molecular flexibility index (Phi) is 5.61. The van der Waals surface area contributed by atoms with Crippen molar-refractivity contribution in [2.75, 3.05) is 31.6 Å². The molecule has 1 heterocycles. The zero-order valence-electron chi connectivity index (χ0n) is 15.9. The van der Waals surface area contributed by atoms with E-state index in [-0.39, 0.29) is 31.4 Å². The third kappa shape index (κ3) is 3.47. The number of likely N-dealkylation sites (N-methyl/N-ethyl adjacent to an activating group) is 2. The lowest BCUT2D eigenvalue weighted by Gasteiger charge is -2.31. The molecule has 2 amide bonds. The molecule has 0 fully saturated rings. The maximum atomic E-state index is 13.4. The van der Waals surface area contributed by atoms with Gasteiger partial charge in [0.2, 0.25) is 11.8 Å². The molecule has 1 aliphatic heterocycles. The summed E-state index contributed by atoms with van der Waals surface area (Å²) >= 11 is 0. The molecule has 5 nitrogen and oxygen atoms in total. The fourth-order valence-electron chi connectivity index (χ4n) is 4.01. The molecule has 142 valence electrons. The third-order valence-corrected chi connectivity index (χ3v) is 5.40. The Morgan fingerprint density at radius 2 is 1.78 bits per heavy atom. The summed E-state index contributed by atoms with van der Waals surface area (Å²) < 4.78 is 0. The van der Waals surface area contributed by atoms with Gasteiger partial charge in [0, 0.05) is 32.2 Å². The molecular formula is C22H26N2O3. The van der Waals surface area contributed by atoms with Crippen molar-refractivity contribution in [3.05, 3.63) is 65.7 Å². The van der Waals surface area contributed by atoms with Crippen molar-refractivity contribution in [2.45, 2.75) is 25.2 Å². The minimum Gasteiger partial charge on any atom is -0.395 e. The highest BCUT2D eigenvalue weighted by Crippen LogP contribution is 2.45. The van der Waals surface area contributed by atoms with Gasteiger partial charge in [-0.1, -0.05) is 48.5 Å². The van der Waals surface area contributed by atoms with Crippen LogP contribution in [0, 0.1) is 0 Å². The Balaban J connectivity index is 2.05. The van der Waals surface area contributed by atoms with Gasteiger partial charge in [-0.15, -0.1) is 0 Å². The van der Waals surface area contributed by atoms with Crippen LogP contribution in [0.1, 0.15) is 24.5 Å². The van der Waals surface area contributed by atoms with E-state index in [1.165, 1.54) is 0 Å². The number of carbonyl (C=O) groups is 2. The maximum Gasteiger partial charge on any atom is 0.238 e. The average Bonchev–Trinajstić information content (AvgIpc) is 2.89. The van der Waals surface area contributed by atoms with E-state index in [9.17, 15) is 14.7 Å². The number of nitrogens with zero attached hydrogens (tertiary/aromatic N) is 2. The van der Waals surface area contributed by atoms with E-state index in [4.69, 9.17) is 0 Å². The lowest BCUT2D eigenvalue weighted by molar-refractivity contribution is -0.136. The molecule has 3 rings (SSSR count). The Bertz CT molecular complexity index is 821. The number of benzene rings is 2. The van der Waals surface area contributed by atoms with Crippen molar-refractivity contribution in [1.29, 1.82) is 0 Å². The van der Waals surface area contributed by atoms with E-state index in [0.29, 0.717) is 13.0 Å². The molecule has 27 heavy (non-hydrogen) atoms. The van der Waals surface area contributed by atoms with Crippen LogP contribution in [0.4, 0.5) is 5.69 Å². The number of para-hydroxylation sites is 1. The smallest absolute Gasteiger partial charge is 0.238 e. The van der Waals surface area contributed by atoms with Gasteiger partial charge in [0.1, 0.15) is 0 Å². The van der Waals surface area contributed by atoms with Gasteiger partial charge in [-0.2, -0.15) is 0 Å². The summed E-state index contributed by atoms with van der Waals surface area (Å²) in [4.78, 5) is 29.7. The second-order valence-corrected chi connectivity index (χ2v) is 7.00. The van der Waals surface area contributed by atoms with Crippen molar-refractivity contribution < 1.29 is 14.7 Å². The quantitative estimate of drug-likeness (QED) is 0.818. The van der Waals surface area contributed by atoms with E-state index >= 15 is 0 Å². The first-order valence-electron chi connectivity index (χ1n) is 9.33. The summed E-state index contributed by atoms with van der Waals surface area (Å²) in [5.74, 6) is -0.165. The van der Waals surface area contributed by atoms with E-state index in [2.05, 4.69) is 0 Å². The van der Waals surface area contributed by atoms with Gasteiger partial charge >= 0.3 is 0 Å². The fourth-order valence-corrected chi connectivity index (χ4v) is 4.01. The number of hydrogen-bond acceptors (Lipinski definition) is 3. The predicted octanol–water partition coefficient (Wildman–Crippen LogP) is 2.37. The molecule has 0 spiro atoms. The van der Waals surface area contributed by atoms with Crippen molar-refractivity contribution in [3.63, 3.8) is 0 Å². The molecule has 2 aromatic rings. The number of rotatable bonds is 7. The molecule has 0 saturated carbocycles. The second-order valence-electron chi connectivity index (χ2n) is 7.00. The number of aliphatic hydroxyl groups excluding tert-OH is 1. The third-order valence-electron chi connectivity index (χ3n) is 5.40. The van der Waals surface area contributed by atoms with Crippen molar-refractivity contribution >= 4 is 17.5 Å². The van der Waals surface area contributed by atoms with E-state index in [0.717, 1.165) is 16.8 Å². The molecule has 1 N–H and O–H groups in total. The molecule has 1 atom stereocenters. The average molecular weight is 366 g/mol. The minimum atomic E-state index is -0.924. The zero-order chi connectivity index (χ0) is 19.4. The summed E-state index contributed by atoms with van der Waals surface area (Å²) in [6.45, 7) is 2.58. The molecule has 0 aromatic heterocycles. The lowest BCUT2D eigenvalue weighted by atomic mass is 9.73. The van der Waals surface area contributed by atoms with Gasteiger partial charge < -0.3 is 14.9 Å². The van der Waals surface area contributed by atoms with Crippen molar-refractivity contribution in [3.8, 4) is 0 Å². The van der Waals surface area contributed by atoms with E-state index < -0.39 is 5.41 Å². The second kappa shape index (κ2) is 7.92. The first-order chi connectivity index (χ1) is 13.0. The molecule has 0 bridgehead atoms. The summed E-state index contributed by atoms with van der Waals surface area (Å²) in [5, 5.41) is 9.26. The van der Waals surface area contributed by atoms with E-state index in [1.807, 2.05) is 61.5 Å². The van der Waals surface area contributed by atoms with Gasteiger partial charge in [0.05, 0.1) is 12.0 Å². The van der Waals surface area contributed by atoms with Gasteiger partial charge in [-0.25, -0.2) is 0 Å². The molecule has 0 radical (unpaired) electrons. The molecule has 0 saturated heterocycles. The summed E-state index contributed by atoms with van der Waals surface area (Å²) in [7, 11) is 1.77. The van der Waals surface area contributed by atoms with Crippen LogP contribution in [0.25, 0.3) is 0 Å². The van der Waals surface area contributed by atoms with Gasteiger partial charge in [0.15, 0.2) is 0 Å². The Labute approximate surface area is 160 Å². The van der Waals surface area contributed by atoms with Gasteiger partial charge in [-0.3, -0.25) is 9.59 Å². The normalized spacial score (nSPS) is 18.5. The number of fused-ring (bicyclic) bond motifs is 1. The van der Waals surface area contributed by atoms with Gasteiger partial charge in [0.25, 0.3) is 0 Å². The van der Waals surface area contributed by atoms with Crippen LogP contribution in [-0.2, 0) is 21.4 Å². The van der Waals surface area contributed by atoms with Crippen molar-refractivity contribution in [1.82, 2.24) is 4.90 Å². The topological polar surface area (TPSA) is 60.9 Å². The highest BCUT2D eigenvalue weighted by Gasteiger charge is 2.51. The molecule has 5 heteroatoms. The summed E-state index contributed by atoms with van der Waals surface area (Å²) in [6, 6.07) is 17.5. The summed E-state index contributed by atoms with van der Waals surface area (Å²) in [6.07, 6.45) is 0.562. The highest BCUT2D eigenvalue weighted by molar-refractivity contribution is 6.09. The Hall–Kier alpha value is -2.66. The van der Waals surface area contributed by atoms with E-state index in [1.54, 1.807) is 16.8 Å². The monoisotopic (exact) mass is 366 g/mol. The number of anilines is 1. The SMILES string of the molecule is CCN(CCO)C(=O)C[C@]1(Cc2ccccc2)C(=O)N(C)c2ccccc21. The molecule has 0 aliphatic carbocycles. The molecule has 0 unspecified atom stereocenters. The number of aliphatic hydroxyl groups is 1. The van der Waals surface area contributed by atoms with Crippen LogP contribution < -0.4 is 4.90 Å². The fraction of sp³-hybridized carbons (Fsp3) is 0.364. The Morgan fingerprint density at radius 3 is 2.44 bits per heavy atom. The molecule has 1 aliphatic rings. The largest absolute Gasteiger partial charge is 0.395 e. The van der Waals surface area contributed by atoms with Crippen LogP contribution in [0.3, 0.4) is 0 Å². The minimum absolute atomic E-state index is 0.0547. The molecule has 2 aromatic carbocycles. The van der Waals surface area contributed by atoms with Gasteiger partial charge in [-0.05, 0) is 30.5 Å². The lowest BCUT2D eigenvalue weighted by Crippen LogP contribution is -2.46. The first kappa shape index (κ1) is 19.1. The standard InChI is InChI=1S/C22H26N2O3/c1-3-24(13-14-25)20(26)16-22(15-17-9-5-4-6-10-17)18-11-7-8-12-19(18)23(2)21(22)27/h4-12,25H,3,13-16H2,1-2H3/t22-/m0/s1. The van der Waals surface area contributed by atoms with Crippen LogP contribution >= 0.6 is 0 Å². The van der Waals surface area contributed by atoms with Crippen LogP contribution in [0.2, 0.25) is 0 Å². The van der Waals surface area contributed by atoms with Crippen molar-refractivity contribution in [2.24, 2.45) is 0 Å². The predicted molar refractivity (Wildman–Crippen MR) is 106 cm³/mol. The zero-order valence-corrected chi connectivity index (χ0v) is 15.9. The van der Waals surface area contributed by atoms with Crippen LogP contribution in [-0.4, -0.2) is 48.6 Å². The highest BCUT2D eigenvalue weighted by atomic mass is 16.3. The first-order valence-corrected chi connectivity index (χ1v) is 9.33. The Morgan fingerprint density at radius 1 is 1.11 bits per heavy atom. The molecular weight excluding hydrogens is 340 g/mol. The van der Waals surface area contributed by atoms with Crippen LogP contribution in [0.15, 0.2) is 54.6 Å². The maximum absolute atomic E-state index is 13.4.